The summed E-state index contributed by atoms with van der Waals surface area (Å²) in [5, 5.41) is 13.5. The van der Waals surface area contributed by atoms with Crippen LogP contribution in [0.25, 0.3) is 0 Å². The van der Waals surface area contributed by atoms with Crippen LogP contribution >= 0.6 is 0 Å². The van der Waals surface area contributed by atoms with Crippen molar-refractivity contribution < 1.29 is 14.4 Å². The molecule has 0 bridgehead atoms. The third kappa shape index (κ3) is 3.05. The predicted molar refractivity (Wildman–Crippen MR) is 82.5 cm³/mol. The van der Waals surface area contributed by atoms with E-state index in [0.717, 1.165) is 30.7 Å². The second kappa shape index (κ2) is 6.41. The van der Waals surface area contributed by atoms with Crippen molar-refractivity contribution in [3.63, 3.8) is 0 Å². The maximum atomic E-state index is 11.4. The Morgan fingerprint density at radius 1 is 1.41 bits per heavy atom. The van der Waals surface area contributed by atoms with Crippen LogP contribution < -0.4 is 0 Å². The van der Waals surface area contributed by atoms with Crippen LogP contribution in [-0.2, 0) is 17.8 Å². The van der Waals surface area contributed by atoms with Crippen molar-refractivity contribution >= 4 is 5.97 Å². The Labute approximate surface area is 131 Å². The molecule has 1 aliphatic carbocycles. The molecule has 5 nitrogen and oxygen atoms in total. The van der Waals surface area contributed by atoms with Gasteiger partial charge in [0.15, 0.2) is 5.76 Å². The fourth-order valence-corrected chi connectivity index (χ4v) is 4.15. The van der Waals surface area contributed by atoms with E-state index >= 15 is 0 Å². The second-order valence-electron chi connectivity index (χ2n) is 6.88. The summed E-state index contributed by atoms with van der Waals surface area (Å²) in [6.45, 7) is 3.39. The van der Waals surface area contributed by atoms with E-state index in [1.54, 1.807) is 0 Å². The molecule has 1 atom stereocenters. The molecule has 0 amide bonds. The highest BCUT2D eigenvalue weighted by Crippen LogP contribution is 2.42. The number of likely N-dealkylation sites (tertiary alicyclic amines) is 1. The summed E-state index contributed by atoms with van der Waals surface area (Å²) < 4.78 is 5.45. The van der Waals surface area contributed by atoms with Gasteiger partial charge in [0, 0.05) is 18.2 Å². The molecule has 1 aromatic heterocycles. The van der Waals surface area contributed by atoms with Crippen LogP contribution in [0.5, 0.6) is 0 Å². The number of carboxylic acid groups (broad SMARTS) is 1. The molecule has 1 saturated heterocycles. The van der Waals surface area contributed by atoms with Crippen molar-refractivity contribution in [2.75, 3.05) is 6.54 Å². The van der Waals surface area contributed by atoms with E-state index in [1.165, 1.54) is 32.1 Å². The average Bonchev–Trinajstić information content (AvgIpc) is 2.98. The zero-order valence-electron chi connectivity index (χ0n) is 13.4. The lowest BCUT2D eigenvalue weighted by Gasteiger charge is -2.50. The number of rotatable bonds is 4. The van der Waals surface area contributed by atoms with Gasteiger partial charge in [-0.25, -0.2) is 0 Å². The van der Waals surface area contributed by atoms with Gasteiger partial charge in [0.05, 0.1) is 18.2 Å². The number of nitrogens with zero attached hydrogens (tertiary/aromatic N) is 2. The number of aryl methyl sites for hydroxylation is 1. The first-order chi connectivity index (χ1) is 10.6. The third-order valence-electron chi connectivity index (χ3n) is 5.52. The molecular weight excluding hydrogens is 280 g/mol. The minimum Gasteiger partial charge on any atom is -0.481 e. The van der Waals surface area contributed by atoms with Crippen molar-refractivity contribution in [3.05, 3.63) is 17.5 Å². The van der Waals surface area contributed by atoms with E-state index in [9.17, 15) is 9.90 Å². The smallest absolute Gasteiger partial charge is 0.307 e. The molecule has 2 heterocycles. The van der Waals surface area contributed by atoms with E-state index in [2.05, 4.69) is 17.0 Å². The van der Waals surface area contributed by atoms with Crippen LogP contribution in [0.1, 0.15) is 63.3 Å². The molecule has 1 N–H and O–H groups in total. The van der Waals surface area contributed by atoms with Crippen molar-refractivity contribution in [1.29, 1.82) is 0 Å². The maximum Gasteiger partial charge on any atom is 0.307 e. The average molecular weight is 306 g/mol. The SMILES string of the molecule is CCc1cc(CN2CC(C(=O)O)CCC23CCCCC3)on1. The Balaban J connectivity index is 1.78. The minimum absolute atomic E-state index is 0.184. The van der Waals surface area contributed by atoms with Crippen LogP contribution in [0.2, 0.25) is 0 Å². The molecule has 1 spiro atoms. The quantitative estimate of drug-likeness (QED) is 0.925. The number of carboxylic acids is 1. The topological polar surface area (TPSA) is 66.6 Å². The predicted octanol–water partition coefficient (Wildman–Crippen LogP) is 3.24. The Morgan fingerprint density at radius 2 is 2.18 bits per heavy atom. The Hall–Kier alpha value is -1.36. The number of aliphatic carboxylic acids is 1. The molecule has 0 aromatic carbocycles. The van der Waals surface area contributed by atoms with Gasteiger partial charge in [-0.1, -0.05) is 31.3 Å². The number of hydrogen-bond donors (Lipinski definition) is 1. The molecule has 2 fully saturated rings. The molecule has 22 heavy (non-hydrogen) atoms. The highest BCUT2D eigenvalue weighted by molar-refractivity contribution is 5.70. The summed E-state index contributed by atoms with van der Waals surface area (Å²) in [4.78, 5) is 13.8. The lowest BCUT2D eigenvalue weighted by atomic mass is 9.72. The van der Waals surface area contributed by atoms with Crippen molar-refractivity contribution in [1.82, 2.24) is 10.1 Å². The molecule has 5 heteroatoms. The molecule has 0 radical (unpaired) electrons. The van der Waals surface area contributed by atoms with Gasteiger partial charge in [-0.2, -0.15) is 0 Å². The molecule has 1 aliphatic heterocycles. The maximum absolute atomic E-state index is 11.4. The normalized spacial score (nSPS) is 25.4. The molecule has 3 rings (SSSR count). The Morgan fingerprint density at radius 3 is 2.82 bits per heavy atom. The fraction of sp³-hybridized carbons (Fsp3) is 0.765. The number of hydrogen-bond acceptors (Lipinski definition) is 4. The van der Waals surface area contributed by atoms with Crippen molar-refractivity contribution in [2.45, 2.75) is 70.4 Å². The largest absolute Gasteiger partial charge is 0.481 e. The summed E-state index contributed by atoms with van der Waals surface area (Å²) in [5.41, 5.74) is 1.16. The molecule has 2 aliphatic rings. The lowest BCUT2D eigenvalue weighted by Crippen LogP contribution is -2.55. The summed E-state index contributed by atoms with van der Waals surface area (Å²) >= 11 is 0. The number of piperidine rings is 1. The summed E-state index contributed by atoms with van der Waals surface area (Å²) in [5.74, 6) is -0.0450. The lowest BCUT2D eigenvalue weighted by molar-refractivity contribution is -0.146. The number of carbonyl (C=O) groups is 1. The minimum atomic E-state index is -0.664. The van der Waals surface area contributed by atoms with Crippen LogP contribution in [0.4, 0.5) is 0 Å². The van der Waals surface area contributed by atoms with Gasteiger partial charge in [0.2, 0.25) is 0 Å². The van der Waals surface area contributed by atoms with E-state index < -0.39 is 5.97 Å². The first-order valence-electron chi connectivity index (χ1n) is 8.55. The Kier molecular flexibility index (Phi) is 4.52. The first kappa shape index (κ1) is 15.5. The van der Waals surface area contributed by atoms with Gasteiger partial charge in [-0.15, -0.1) is 0 Å². The number of aromatic nitrogens is 1. The molecular formula is C17H26N2O3. The zero-order valence-corrected chi connectivity index (χ0v) is 13.4. The van der Waals surface area contributed by atoms with Crippen LogP contribution in [-0.4, -0.2) is 33.2 Å². The molecule has 1 aromatic rings. The van der Waals surface area contributed by atoms with Crippen molar-refractivity contribution in [2.24, 2.45) is 5.92 Å². The van der Waals surface area contributed by atoms with Crippen LogP contribution in [0, 0.1) is 5.92 Å². The standard InChI is InChI=1S/C17H26N2O3/c1-2-14-10-15(22-18-14)12-19-11-13(16(20)21)6-9-17(19)7-4-3-5-8-17/h10,13H,2-9,11-12H2,1H3,(H,20,21). The fourth-order valence-electron chi connectivity index (χ4n) is 4.15. The van der Waals surface area contributed by atoms with E-state index in [4.69, 9.17) is 4.52 Å². The van der Waals surface area contributed by atoms with Crippen LogP contribution in [0.15, 0.2) is 10.6 Å². The second-order valence-corrected chi connectivity index (χ2v) is 6.88. The zero-order chi connectivity index (χ0) is 15.6. The first-order valence-corrected chi connectivity index (χ1v) is 8.55. The summed E-state index contributed by atoms with van der Waals surface area (Å²) in [7, 11) is 0. The monoisotopic (exact) mass is 306 g/mol. The van der Waals surface area contributed by atoms with Crippen molar-refractivity contribution in [3.8, 4) is 0 Å². The van der Waals surface area contributed by atoms with Gasteiger partial charge in [0.1, 0.15) is 0 Å². The summed E-state index contributed by atoms with van der Waals surface area (Å²) in [6.07, 6.45) is 8.87. The van der Waals surface area contributed by atoms with Gasteiger partial charge < -0.3 is 9.63 Å². The van der Waals surface area contributed by atoms with Gasteiger partial charge >= 0.3 is 5.97 Å². The van der Waals surface area contributed by atoms with E-state index in [1.807, 2.05) is 6.07 Å². The third-order valence-corrected chi connectivity index (χ3v) is 5.52. The van der Waals surface area contributed by atoms with E-state index in [-0.39, 0.29) is 11.5 Å². The van der Waals surface area contributed by atoms with Crippen LogP contribution in [0.3, 0.4) is 0 Å². The molecule has 122 valence electrons. The highest BCUT2D eigenvalue weighted by Gasteiger charge is 2.44. The molecule has 1 saturated carbocycles. The summed E-state index contributed by atoms with van der Waals surface area (Å²) in [6, 6.07) is 2.01. The highest BCUT2D eigenvalue weighted by atomic mass is 16.5. The van der Waals surface area contributed by atoms with Gasteiger partial charge in [-0.05, 0) is 32.1 Å². The van der Waals surface area contributed by atoms with Gasteiger partial charge in [-0.3, -0.25) is 9.69 Å². The molecule has 1 unspecified atom stereocenters. The van der Waals surface area contributed by atoms with Gasteiger partial charge in [0.25, 0.3) is 0 Å². The Bertz CT molecular complexity index is 520. The van der Waals surface area contributed by atoms with E-state index in [0.29, 0.717) is 13.1 Å².